The first-order valence-electron chi connectivity index (χ1n) is 4.76. The van der Waals surface area contributed by atoms with Gasteiger partial charge in [-0.1, -0.05) is 12.1 Å². The van der Waals surface area contributed by atoms with Gasteiger partial charge in [-0.2, -0.15) is 12.6 Å². The lowest BCUT2D eigenvalue weighted by atomic mass is 10.1. The number of nitrogens with zero attached hydrogens (tertiary/aromatic N) is 1. The Morgan fingerprint density at radius 3 is 2.87 bits per heavy atom. The molecule has 1 atom stereocenters. The molecule has 1 aromatic carbocycles. The van der Waals surface area contributed by atoms with Crippen LogP contribution in [0.3, 0.4) is 0 Å². The van der Waals surface area contributed by atoms with Crippen molar-refractivity contribution in [3.63, 3.8) is 0 Å². The number of hydrogen-bond acceptors (Lipinski definition) is 3. The minimum Gasteiger partial charge on any atom is -0.258 e. The fraction of sp³-hybridized carbons (Fsp3) is 0.364. The Kier molecular flexibility index (Phi) is 4.62. The first kappa shape index (κ1) is 12.0. The van der Waals surface area contributed by atoms with Gasteiger partial charge >= 0.3 is 0 Å². The highest BCUT2D eigenvalue weighted by atomic mass is 32.1. The lowest BCUT2D eigenvalue weighted by Gasteiger charge is -2.03. The Hall–Kier alpha value is -1.03. The van der Waals surface area contributed by atoms with Crippen molar-refractivity contribution in [1.29, 1.82) is 0 Å². The lowest BCUT2D eigenvalue weighted by Crippen LogP contribution is -1.94. The summed E-state index contributed by atoms with van der Waals surface area (Å²) in [5, 5.41) is 10.4. The smallest absolute Gasteiger partial charge is 0.258 e. The van der Waals surface area contributed by atoms with Gasteiger partial charge in [0.25, 0.3) is 5.69 Å². The van der Waals surface area contributed by atoms with Gasteiger partial charge in [-0.15, -0.1) is 0 Å². The van der Waals surface area contributed by atoms with Gasteiger partial charge in [0.15, 0.2) is 0 Å². The second-order valence-corrected chi connectivity index (χ2v) is 4.05. The summed E-state index contributed by atoms with van der Waals surface area (Å²) in [6.45, 7) is 5.49. The number of nitro benzene ring substituents is 1. The predicted molar refractivity (Wildman–Crippen MR) is 63.1 cm³/mol. The standard InChI is InChI=1S/C11H13NO2S/c1-9(15)4-2-5-10-6-3-7-11(8-10)12(13)14/h1,3,6-9,15H,2,4-5H2. The third-order valence-electron chi connectivity index (χ3n) is 2.09. The Bertz CT molecular complexity index is 339. The molecule has 0 spiro atoms. The molecule has 2 radical (unpaired) electrons. The summed E-state index contributed by atoms with van der Waals surface area (Å²) in [6.07, 6.45) is 2.51. The van der Waals surface area contributed by atoms with E-state index in [9.17, 15) is 10.1 Å². The quantitative estimate of drug-likeness (QED) is 0.474. The minimum absolute atomic E-state index is 0.108. The van der Waals surface area contributed by atoms with E-state index in [0.717, 1.165) is 24.8 Å². The summed E-state index contributed by atoms with van der Waals surface area (Å²) in [6, 6.07) is 6.68. The van der Waals surface area contributed by atoms with Crippen LogP contribution in [-0.2, 0) is 6.42 Å². The highest BCUT2D eigenvalue weighted by molar-refractivity contribution is 7.81. The molecule has 0 fully saturated rings. The summed E-state index contributed by atoms with van der Waals surface area (Å²) in [5.74, 6) is 0. The predicted octanol–water partition coefficient (Wildman–Crippen LogP) is 2.93. The zero-order valence-electron chi connectivity index (χ0n) is 8.30. The van der Waals surface area contributed by atoms with Crippen LogP contribution in [0.25, 0.3) is 0 Å². The normalized spacial score (nSPS) is 12.4. The molecule has 0 bridgehead atoms. The molecule has 1 aromatic rings. The number of nitro groups is 1. The third-order valence-corrected chi connectivity index (χ3v) is 2.34. The maximum atomic E-state index is 10.5. The van der Waals surface area contributed by atoms with Crippen LogP contribution in [0.2, 0.25) is 0 Å². The zero-order valence-corrected chi connectivity index (χ0v) is 9.19. The monoisotopic (exact) mass is 223 g/mol. The number of hydrogen-bond donors (Lipinski definition) is 1. The second-order valence-electron chi connectivity index (χ2n) is 3.39. The number of non-ortho nitro benzene ring substituents is 1. The molecule has 80 valence electrons. The van der Waals surface area contributed by atoms with E-state index in [1.807, 2.05) is 6.07 Å². The number of benzene rings is 1. The molecule has 0 aliphatic carbocycles. The van der Waals surface area contributed by atoms with Crippen molar-refractivity contribution in [2.75, 3.05) is 0 Å². The Morgan fingerprint density at radius 2 is 2.27 bits per heavy atom. The van der Waals surface area contributed by atoms with Crippen LogP contribution in [0.4, 0.5) is 5.69 Å². The van der Waals surface area contributed by atoms with Crippen LogP contribution in [0.15, 0.2) is 24.3 Å². The summed E-state index contributed by atoms with van der Waals surface area (Å²) >= 11 is 4.07. The molecule has 15 heavy (non-hydrogen) atoms. The SMILES string of the molecule is [CH]C(S)CCCc1cccc([N+](=O)[O-])c1. The number of thiol groups is 1. The summed E-state index contributed by atoms with van der Waals surface area (Å²) in [7, 11) is 0. The van der Waals surface area contributed by atoms with Gasteiger partial charge in [0.1, 0.15) is 0 Å². The van der Waals surface area contributed by atoms with Crippen molar-refractivity contribution in [2.45, 2.75) is 24.5 Å². The van der Waals surface area contributed by atoms with Gasteiger partial charge in [0, 0.05) is 17.4 Å². The van der Waals surface area contributed by atoms with E-state index in [1.54, 1.807) is 12.1 Å². The van der Waals surface area contributed by atoms with Crippen LogP contribution in [0, 0.1) is 17.0 Å². The second kappa shape index (κ2) is 5.75. The van der Waals surface area contributed by atoms with Crippen LogP contribution in [-0.4, -0.2) is 10.2 Å². The minimum atomic E-state index is -0.381. The van der Waals surface area contributed by atoms with Crippen molar-refractivity contribution in [3.8, 4) is 0 Å². The van der Waals surface area contributed by atoms with Crippen molar-refractivity contribution < 1.29 is 4.92 Å². The average molecular weight is 223 g/mol. The maximum absolute atomic E-state index is 10.5. The molecule has 0 saturated carbocycles. The van der Waals surface area contributed by atoms with Gasteiger partial charge in [0.2, 0.25) is 0 Å². The number of aryl methyl sites for hydroxylation is 1. The third kappa shape index (κ3) is 4.34. The van der Waals surface area contributed by atoms with Crippen LogP contribution in [0.5, 0.6) is 0 Å². The van der Waals surface area contributed by atoms with E-state index >= 15 is 0 Å². The topological polar surface area (TPSA) is 43.1 Å². The molecular formula is C11H13NO2S. The Morgan fingerprint density at radius 1 is 1.53 bits per heavy atom. The summed E-state index contributed by atoms with van der Waals surface area (Å²) in [5.41, 5.74) is 1.11. The van der Waals surface area contributed by atoms with Crippen molar-refractivity contribution in [1.82, 2.24) is 0 Å². The molecule has 1 rings (SSSR count). The highest BCUT2D eigenvalue weighted by Crippen LogP contribution is 2.15. The van der Waals surface area contributed by atoms with Crippen LogP contribution >= 0.6 is 12.6 Å². The van der Waals surface area contributed by atoms with E-state index in [0.29, 0.717) is 0 Å². The summed E-state index contributed by atoms with van der Waals surface area (Å²) < 4.78 is 0. The molecule has 0 amide bonds. The van der Waals surface area contributed by atoms with Crippen LogP contribution < -0.4 is 0 Å². The average Bonchev–Trinajstić information content (AvgIpc) is 2.17. The molecule has 0 N–H and O–H groups in total. The molecule has 1 unspecified atom stereocenters. The molecule has 0 aliphatic rings. The summed E-state index contributed by atoms with van der Waals surface area (Å²) in [4.78, 5) is 10.1. The van der Waals surface area contributed by atoms with Gasteiger partial charge < -0.3 is 0 Å². The molecule has 3 nitrogen and oxygen atoms in total. The molecule has 0 heterocycles. The van der Waals surface area contributed by atoms with Crippen molar-refractivity contribution >= 4 is 18.3 Å². The van der Waals surface area contributed by atoms with Gasteiger partial charge in [-0.3, -0.25) is 10.1 Å². The first-order chi connectivity index (χ1) is 7.09. The fourth-order valence-corrected chi connectivity index (χ4v) is 1.52. The van der Waals surface area contributed by atoms with E-state index in [-0.39, 0.29) is 15.9 Å². The Labute approximate surface area is 95.1 Å². The largest absolute Gasteiger partial charge is 0.269 e. The van der Waals surface area contributed by atoms with E-state index in [4.69, 9.17) is 6.92 Å². The number of rotatable bonds is 5. The van der Waals surface area contributed by atoms with Crippen LogP contribution in [0.1, 0.15) is 18.4 Å². The van der Waals surface area contributed by atoms with E-state index in [1.165, 1.54) is 6.07 Å². The van der Waals surface area contributed by atoms with Crippen molar-refractivity contribution in [2.24, 2.45) is 0 Å². The van der Waals surface area contributed by atoms with E-state index in [2.05, 4.69) is 12.6 Å². The fourth-order valence-electron chi connectivity index (χ4n) is 1.34. The molecule has 0 aromatic heterocycles. The van der Waals surface area contributed by atoms with Gasteiger partial charge in [0.05, 0.1) is 4.92 Å². The van der Waals surface area contributed by atoms with Gasteiger partial charge in [-0.05, 0) is 31.7 Å². The maximum Gasteiger partial charge on any atom is 0.269 e. The molecule has 0 saturated heterocycles. The molecular weight excluding hydrogens is 210 g/mol. The first-order valence-corrected chi connectivity index (χ1v) is 5.28. The lowest BCUT2D eigenvalue weighted by molar-refractivity contribution is -0.384. The van der Waals surface area contributed by atoms with Crippen molar-refractivity contribution in [3.05, 3.63) is 46.9 Å². The highest BCUT2D eigenvalue weighted by Gasteiger charge is 2.05. The van der Waals surface area contributed by atoms with Gasteiger partial charge in [-0.25, -0.2) is 0 Å². The van der Waals surface area contributed by atoms with E-state index < -0.39 is 0 Å². The molecule has 4 heteroatoms. The Balaban J connectivity index is 2.54. The molecule has 0 aliphatic heterocycles. The zero-order chi connectivity index (χ0) is 11.3.